The standard InChI is InChI=1S/C10H12ClN3O4/c11-8-2-1-7(9(5-8)14(16)17)6-13-3-4-18-10(12)15/h1-2,5,13H,3-4,6H2,(H2,12,15). The van der Waals surface area contributed by atoms with Crippen LogP contribution in [0.5, 0.6) is 0 Å². The summed E-state index contributed by atoms with van der Waals surface area (Å²) in [7, 11) is 0. The summed E-state index contributed by atoms with van der Waals surface area (Å²) < 4.78 is 4.50. The maximum atomic E-state index is 10.8. The van der Waals surface area contributed by atoms with Gasteiger partial charge >= 0.3 is 6.09 Å². The molecule has 18 heavy (non-hydrogen) atoms. The van der Waals surface area contributed by atoms with Crippen LogP contribution in [0.3, 0.4) is 0 Å². The van der Waals surface area contributed by atoms with Gasteiger partial charge in [0.1, 0.15) is 6.61 Å². The monoisotopic (exact) mass is 273 g/mol. The topological polar surface area (TPSA) is 107 Å². The van der Waals surface area contributed by atoms with Crippen molar-refractivity contribution in [3.8, 4) is 0 Å². The second kappa shape index (κ2) is 6.77. The molecule has 0 heterocycles. The molecule has 7 nitrogen and oxygen atoms in total. The third kappa shape index (κ3) is 4.56. The molecule has 1 aromatic rings. The molecule has 8 heteroatoms. The van der Waals surface area contributed by atoms with Crippen LogP contribution in [0.15, 0.2) is 18.2 Å². The summed E-state index contributed by atoms with van der Waals surface area (Å²) in [6.07, 6.45) is -0.853. The number of rotatable bonds is 6. The van der Waals surface area contributed by atoms with Gasteiger partial charge in [0.25, 0.3) is 5.69 Å². The lowest BCUT2D eigenvalue weighted by Gasteiger charge is -2.06. The largest absolute Gasteiger partial charge is 0.448 e. The molecule has 98 valence electrons. The number of hydrogen-bond acceptors (Lipinski definition) is 5. The van der Waals surface area contributed by atoms with E-state index in [2.05, 4.69) is 10.1 Å². The molecule has 0 saturated carbocycles. The number of nitrogens with two attached hydrogens (primary N) is 1. The van der Waals surface area contributed by atoms with Gasteiger partial charge in [0.15, 0.2) is 0 Å². The normalized spacial score (nSPS) is 10.1. The number of amides is 1. The molecule has 0 aliphatic carbocycles. The highest BCUT2D eigenvalue weighted by Crippen LogP contribution is 2.22. The molecule has 0 bridgehead atoms. The zero-order valence-electron chi connectivity index (χ0n) is 9.39. The molecule has 1 amide bonds. The number of hydrogen-bond donors (Lipinski definition) is 2. The number of halogens is 1. The first-order valence-electron chi connectivity index (χ1n) is 5.06. The van der Waals surface area contributed by atoms with Crippen LogP contribution in [0, 0.1) is 10.1 Å². The lowest BCUT2D eigenvalue weighted by molar-refractivity contribution is -0.385. The van der Waals surface area contributed by atoms with Crippen molar-refractivity contribution in [1.82, 2.24) is 5.32 Å². The van der Waals surface area contributed by atoms with Crippen LogP contribution in [-0.4, -0.2) is 24.2 Å². The summed E-state index contributed by atoms with van der Waals surface area (Å²) in [5, 5.41) is 14.0. The van der Waals surface area contributed by atoms with Crippen LogP contribution in [0.1, 0.15) is 5.56 Å². The van der Waals surface area contributed by atoms with Crippen molar-refractivity contribution in [2.45, 2.75) is 6.54 Å². The summed E-state index contributed by atoms with van der Waals surface area (Å²) >= 11 is 5.68. The van der Waals surface area contributed by atoms with Crippen molar-refractivity contribution in [3.05, 3.63) is 38.9 Å². The van der Waals surface area contributed by atoms with Gasteiger partial charge in [-0.1, -0.05) is 11.6 Å². The van der Waals surface area contributed by atoms with Crippen LogP contribution in [-0.2, 0) is 11.3 Å². The zero-order chi connectivity index (χ0) is 13.5. The average Bonchev–Trinajstić information content (AvgIpc) is 2.29. The summed E-state index contributed by atoms with van der Waals surface area (Å²) in [5.41, 5.74) is 5.23. The maximum Gasteiger partial charge on any atom is 0.404 e. The number of primary amides is 1. The van der Waals surface area contributed by atoms with E-state index < -0.39 is 11.0 Å². The van der Waals surface area contributed by atoms with Crippen molar-refractivity contribution in [2.75, 3.05) is 13.2 Å². The van der Waals surface area contributed by atoms with Crippen molar-refractivity contribution in [3.63, 3.8) is 0 Å². The molecule has 0 aliphatic heterocycles. The smallest absolute Gasteiger partial charge is 0.404 e. The quantitative estimate of drug-likeness (QED) is 0.463. The molecular weight excluding hydrogens is 262 g/mol. The SMILES string of the molecule is NC(=O)OCCNCc1ccc(Cl)cc1[N+](=O)[O-]. The lowest BCUT2D eigenvalue weighted by atomic mass is 10.2. The van der Waals surface area contributed by atoms with Gasteiger partial charge in [-0.15, -0.1) is 0 Å². The lowest BCUT2D eigenvalue weighted by Crippen LogP contribution is -2.23. The molecule has 0 aliphatic rings. The first-order valence-corrected chi connectivity index (χ1v) is 5.44. The molecule has 0 atom stereocenters. The van der Waals surface area contributed by atoms with Crippen LogP contribution in [0.25, 0.3) is 0 Å². The van der Waals surface area contributed by atoms with Crippen molar-refractivity contribution >= 4 is 23.4 Å². The molecule has 1 aromatic carbocycles. The number of benzene rings is 1. The average molecular weight is 274 g/mol. The van der Waals surface area contributed by atoms with Gasteiger partial charge in [-0.25, -0.2) is 4.79 Å². The Kier molecular flexibility index (Phi) is 5.34. The van der Waals surface area contributed by atoms with Gasteiger partial charge in [0.05, 0.1) is 4.92 Å². The second-order valence-electron chi connectivity index (χ2n) is 3.37. The van der Waals surface area contributed by atoms with E-state index in [-0.39, 0.29) is 18.8 Å². The van der Waals surface area contributed by atoms with Gasteiger partial charge in [0.2, 0.25) is 0 Å². The van der Waals surface area contributed by atoms with E-state index in [9.17, 15) is 14.9 Å². The van der Waals surface area contributed by atoms with Gasteiger partial charge in [-0.2, -0.15) is 0 Å². The van der Waals surface area contributed by atoms with Crippen molar-refractivity contribution < 1.29 is 14.5 Å². The number of ether oxygens (including phenoxy) is 1. The number of carbonyl (C=O) groups is 1. The van der Waals surface area contributed by atoms with E-state index in [0.717, 1.165) is 0 Å². The van der Waals surface area contributed by atoms with E-state index in [0.29, 0.717) is 17.1 Å². The van der Waals surface area contributed by atoms with Gasteiger partial charge < -0.3 is 15.8 Å². The van der Waals surface area contributed by atoms with Crippen LogP contribution in [0.2, 0.25) is 5.02 Å². The molecule has 0 radical (unpaired) electrons. The number of nitrogens with one attached hydrogen (secondary N) is 1. The Labute approximate surface area is 108 Å². The Bertz CT molecular complexity index is 453. The summed E-state index contributed by atoms with van der Waals surface area (Å²) in [6, 6.07) is 4.44. The second-order valence-corrected chi connectivity index (χ2v) is 3.81. The zero-order valence-corrected chi connectivity index (χ0v) is 10.1. The maximum absolute atomic E-state index is 10.8. The van der Waals surface area contributed by atoms with E-state index in [1.807, 2.05) is 0 Å². The van der Waals surface area contributed by atoms with E-state index >= 15 is 0 Å². The summed E-state index contributed by atoms with van der Waals surface area (Å²) in [5.74, 6) is 0. The number of nitro groups is 1. The Hall–Kier alpha value is -1.86. The van der Waals surface area contributed by atoms with Crippen molar-refractivity contribution in [1.29, 1.82) is 0 Å². The number of carbonyl (C=O) groups excluding carboxylic acids is 1. The third-order valence-corrected chi connectivity index (χ3v) is 2.32. The summed E-state index contributed by atoms with van der Waals surface area (Å²) in [4.78, 5) is 20.6. The fourth-order valence-corrected chi connectivity index (χ4v) is 1.47. The highest BCUT2D eigenvalue weighted by Gasteiger charge is 2.13. The molecule has 0 spiro atoms. The van der Waals surface area contributed by atoms with Gasteiger partial charge in [0, 0.05) is 29.7 Å². The highest BCUT2D eigenvalue weighted by molar-refractivity contribution is 6.30. The minimum atomic E-state index is -0.853. The van der Waals surface area contributed by atoms with Gasteiger partial charge in [-0.05, 0) is 12.1 Å². The van der Waals surface area contributed by atoms with Crippen molar-refractivity contribution in [2.24, 2.45) is 5.73 Å². The third-order valence-electron chi connectivity index (χ3n) is 2.08. The first kappa shape index (κ1) is 14.2. The summed E-state index contributed by atoms with van der Waals surface area (Å²) in [6.45, 7) is 0.731. The molecule has 3 N–H and O–H groups in total. The van der Waals surface area contributed by atoms with Crippen LogP contribution >= 0.6 is 11.6 Å². The Balaban J connectivity index is 2.51. The van der Waals surface area contributed by atoms with Gasteiger partial charge in [-0.3, -0.25) is 10.1 Å². The first-order chi connectivity index (χ1) is 8.50. The molecular formula is C10H12ClN3O4. The Morgan fingerprint density at radius 3 is 2.89 bits per heavy atom. The minimum absolute atomic E-state index is 0.0502. The van der Waals surface area contributed by atoms with E-state index in [1.165, 1.54) is 6.07 Å². The van der Waals surface area contributed by atoms with Crippen LogP contribution < -0.4 is 11.1 Å². The fourth-order valence-electron chi connectivity index (χ4n) is 1.30. The Morgan fingerprint density at radius 2 is 2.28 bits per heavy atom. The highest BCUT2D eigenvalue weighted by atomic mass is 35.5. The molecule has 1 rings (SSSR count). The van der Waals surface area contributed by atoms with E-state index in [4.69, 9.17) is 17.3 Å². The van der Waals surface area contributed by atoms with Crippen LogP contribution in [0.4, 0.5) is 10.5 Å². The molecule has 0 aromatic heterocycles. The number of nitrogens with zero attached hydrogens (tertiary/aromatic N) is 1. The van der Waals surface area contributed by atoms with E-state index in [1.54, 1.807) is 12.1 Å². The predicted molar refractivity (Wildman–Crippen MR) is 65.3 cm³/mol. The molecule has 0 unspecified atom stereocenters. The molecule has 0 fully saturated rings. The number of nitro benzene ring substituents is 1. The predicted octanol–water partition coefficient (Wildman–Crippen LogP) is 1.43. The molecule has 0 saturated heterocycles. The Morgan fingerprint density at radius 1 is 1.56 bits per heavy atom. The fraction of sp³-hybridized carbons (Fsp3) is 0.300. The minimum Gasteiger partial charge on any atom is -0.448 e.